The molecule has 2 heterocycles. The van der Waals surface area contributed by atoms with Gasteiger partial charge in [-0.1, -0.05) is 109 Å². The van der Waals surface area contributed by atoms with Crippen LogP contribution < -0.4 is 4.74 Å². The van der Waals surface area contributed by atoms with Crippen LogP contribution in [0.25, 0.3) is 77.2 Å². The standard InChI is InChI=1S/C40H24O2/c1-3-13-36-31(9-1)34-12-6-11-33-30(20-22-39(42-36)40(33)34)29-8-5-7-27(23-29)25-15-17-26(18-16-25)28-19-21-38-35(24-28)32-10-2-4-14-37(32)41-38/h1-24H. The first kappa shape index (κ1) is 23.1. The number of hydrogen-bond acceptors (Lipinski definition) is 2. The third-order valence-electron chi connectivity index (χ3n) is 8.50. The van der Waals surface area contributed by atoms with Gasteiger partial charge in [0.2, 0.25) is 0 Å². The van der Waals surface area contributed by atoms with Crippen molar-refractivity contribution in [3.05, 3.63) is 146 Å². The molecular formula is C40H24O2. The minimum absolute atomic E-state index is 0.911. The van der Waals surface area contributed by atoms with E-state index in [1.807, 2.05) is 24.3 Å². The van der Waals surface area contributed by atoms with Gasteiger partial charge in [-0.25, -0.2) is 0 Å². The fourth-order valence-electron chi connectivity index (χ4n) is 6.46. The maximum atomic E-state index is 6.32. The molecule has 0 aliphatic carbocycles. The number of ether oxygens (including phenoxy) is 1. The van der Waals surface area contributed by atoms with Gasteiger partial charge in [0.25, 0.3) is 0 Å². The average molecular weight is 537 g/mol. The second kappa shape index (κ2) is 8.95. The van der Waals surface area contributed by atoms with Crippen molar-refractivity contribution < 1.29 is 9.15 Å². The number of para-hydroxylation sites is 2. The number of furan rings is 1. The molecule has 1 aliphatic rings. The van der Waals surface area contributed by atoms with Gasteiger partial charge in [-0.15, -0.1) is 0 Å². The lowest BCUT2D eigenvalue weighted by Gasteiger charge is -2.22. The Hall–Kier alpha value is -5.60. The summed E-state index contributed by atoms with van der Waals surface area (Å²) in [5.41, 5.74) is 11.4. The highest BCUT2D eigenvalue weighted by molar-refractivity contribution is 6.10. The molecule has 2 nitrogen and oxygen atoms in total. The SMILES string of the molecule is c1cc(-c2ccc(-c3ccc4oc5ccccc5c4c3)cc2)cc(-c2ccc3c4c(cccc24)-c2ccccc2O3)c1. The fourth-order valence-corrected chi connectivity index (χ4v) is 6.46. The first-order valence-electron chi connectivity index (χ1n) is 14.3. The lowest BCUT2D eigenvalue weighted by atomic mass is 9.89. The van der Waals surface area contributed by atoms with E-state index in [2.05, 4.69) is 121 Å². The van der Waals surface area contributed by atoms with Crippen LogP contribution in [0.15, 0.2) is 150 Å². The van der Waals surface area contributed by atoms with Crippen molar-refractivity contribution >= 4 is 32.7 Å². The Balaban J connectivity index is 1.09. The molecule has 2 heteroatoms. The Morgan fingerprint density at radius 1 is 0.333 bits per heavy atom. The molecule has 7 aromatic carbocycles. The topological polar surface area (TPSA) is 22.4 Å². The normalized spacial score (nSPS) is 12.0. The Bertz CT molecular complexity index is 2320. The highest BCUT2D eigenvalue weighted by Gasteiger charge is 2.21. The van der Waals surface area contributed by atoms with E-state index < -0.39 is 0 Å². The van der Waals surface area contributed by atoms with Crippen LogP contribution in [0, 0.1) is 0 Å². The molecule has 0 atom stereocenters. The molecule has 0 bridgehead atoms. The first-order chi connectivity index (χ1) is 20.8. The van der Waals surface area contributed by atoms with Gasteiger partial charge in [0.15, 0.2) is 0 Å². The van der Waals surface area contributed by atoms with Gasteiger partial charge < -0.3 is 9.15 Å². The zero-order chi connectivity index (χ0) is 27.6. The van der Waals surface area contributed by atoms with Crippen molar-refractivity contribution in [1.82, 2.24) is 0 Å². The molecule has 1 aromatic heterocycles. The zero-order valence-corrected chi connectivity index (χ0v) is 22.7. The quantitative estimate of drug-likeness (QED) is 0.224. The molecule has 0 radical (unpaired) electrons. The zero-order valence-electron chi connectivity index (χ0n) is 22.7. The second-order valence-electron chi connectivity index (χ2n) is 10.9. The summed E-state index contributed by atoms with van der Waals surface area (Å²) in [7, 11) is 0. The van der Waals surface area contributed by atoms with Crippen LogP contribution in [-0.4, -0.2) is 0 Å². The maximum Gasteiger partial charge on any atom is 0.135 e. The smallest absolute Gasteiger partial charge is 0.135 e. The number of fused-ring (bicyclic) bond motifs is 5. The molecule has 1 aliphatic heterocycles. The summed E-state index contributed by atoms with van der Waals surface area (Å²) in [5.74, 6) is 1.82. The molecule has 0 spiro atoms. The maximum absolute atomic E-state index is 6.32. The van der Waals surface area contributed by atoms with Crippen LogP contribution in [0.1, 0.15) is 0 Å². The van der Waals surface area contributed by atoms with Gasteiger partial charge in [-0.3, -0.25) is 0 Å². The molecular weight excluding hydrogens is 512 g/mol. The molecule has 0 fully saturated rings. The van der Waals surface area contributed by atoms with Gasteiger partial charge in [0.05, 0.1) is 0 Å². The van der Waals surface area contributed by atoms with E-state index in [0.29, 0.717) is 0 Å². The molecule has 0 saturated heterocycles. The minimum atomic E-state index is 0.911. The van der Waals surface area contributed by atoms with E-state index in [0.717, 1.165) is 39.0 Å². The minimum Gasteiger partial charge on any atom is -0.456 e. The molecule has 0 unspecified atom stereocenters. The van der Waals surface area contributed by atoms with E-state index in [-0.39, 0.29) is 0 Å². The van der Waals surface area contributed by atoms with Gasteiger partial charge >= 0.3 is 0 Å². The van der Waals surface area contributed by atoms with Crippen LogP contribution in [0.3, 0.4) is 0 Å². The number of rotatable bonds is 3. The van der Waals surface area contributed by atoms with Gasteiger partial charge in [0, 0.05) is 21.7 Å². The van der Waals surface area contributed by atoms with Crippen LogP contribution >= 0.6 is 0 Å². The van der Waals surface area contributed by atoms with Crippen LogP contribution in [0.2, 0.25) is 0 Å². The van der Waals surface area contributed by atoms with E-state index in [4.69, 9.17) is 9.15 Å². The summed E-state index contributed by atoms with van der Waals surface area (Å²) in [6, 6.07) is 51.5. The number of hydrogen-bond donors (Lipinski definition) is 0. The molecule has 8 aromatic rings. The average Bonchev–Trinajstić information content (AvgIpc) is 3.43. The lowest BCUT2D eigenvalue weighted by Crippen LogP contribution is -1.97. The fraction of sp³-hybridized carbons (Fsp3) is 0. The summed E-state index contributed by atoms with van der Waals surface area (Å²) in [4.78, 5) is 0. The van der Waals surface area contributed by atoms with E-state index >= 15 is 0 Å². The Morgan fingerprint density at radius 2 is 1.00 bits per heavy atom. The van der Waals surface area contributed by atoms with Crippen molar-refractivity contribution in [2.24, 2.45) is 0 Å². The van der Waals surface area contributed by atoms with Gasteiger partial charge in [-0.05, 0) is 80.7 Å². The monoisotopic (exact) mass is 536 g/mol. The third kappa shape index (κ3) is 3.52. The summed E-state index contributed by atoms with van der Waals surface area (Å²) >= 11 is 0. The van der Waals surface area contributed by atoms with Crippen molar-refractivity contribution in [2.45, 2.75) is 0 Å². The summed E-state index contributed by atoms with van der Waals surface area (Å²) in [5, 5.41) is 4.67. The Labute approximate surface area is 243 Å². The molecule has 0 amide bonds. The summed E-state index contributed by atoms with van der Waals surface area (Å²) in [6.07, 6.45) is 0. The van der Waals surface area contributed by atoms with Crippen LogP contribution in [-0.2, 0) is 0 Å². The van der Waals surface area contributed by atoms with E-state index in [1.54, 1.807) is 0 Å². The Kier molecular flexibility index (Phi) is 4.93. The summed E-state index contributed by atoms with van der Waals surface area (Å²) in [6.45, 7) is 0. The molecule has 196 valence electrons. The van der Waals surface area contributed by atoms with Gasteiger partial charge in [0.1, 0.15) is 22.7 Å². The van der Waals surface area contributed by atoms with Crippen molar-refractivity contribution in [3.8, 4) is 56.0 Å². The lowest BCUT2D eigenvalue weighted by molar-refractivity contribution is 0.487. The first-order valence-corrected chi connectivity index (χ1v) is 14.3. The number of benzene rings is 7. The predicted octanol–water partition coefficient (Wildman–Crippen LogP) is 11.5. The molecule has 9 rings (SSSR count). The van der Waals surface area contributed by atoms with E-state index in [1.165, 1.54) is 49.7 Å². The summed E-state index contributed by atoms with van der Waals surface area (Å²) < 4.78 is 12.3. The highest BCUT2D eigenvalue weighted by atomic mass is 16.5. The largest absolute Gasteiger partial charge is 0.456 e. The van der Waals surface area contributed by atoms with Crippen molar-refractivity contribution in [1.29, 1.82) is 0 Å². The second-order valence-corrected chi connectivity index (χ2v) is 10.9. The molecule has 0 saturated carbocycles. The predicted molar refractivity (Wildman–Crippen MR) is 173 cm³/mol. The van der Waals surface area contributed by atoms with Gasteiger partial charge in [-0.2, -0.15) is 0 Å². The Morgan fingerprint density at radius 3 is 1.90 bits per heavy atom. The molecule has 0 N–H and O–H groups in total. The third-order valence-corrected chi connectivity index (χ3v) is 8.50. The highest BCUT2D eigenvalue weighted by Crippen LogP contribution is 2.48. The van der Waals surface area contributed by atoms with Crippen LogP contribution in [0.4, 0.5) is 0 Å². The van der Waals surface area contributed by atoms with Crippen molar-refractivity contribution in [3.63, 3.8) is 0 Å². The van der Waals surface area contributed by atoms with Crippen LogP contribution in [0.5, 0.6) is 11.5 Å². The van der Waals surface area contributed by atoms with Crippen molar-refractivity contribution in [2.75, 3.05) is 0 Å². The molecule has 42 heavy (non-hydrogen) atoms. The van der Waals surface area contributed by atoms with E-state index in [9.17, 15) is 0 Å².